The van der Waals surface area contributed by atoms with Gasteiger partial charge in [-0.25, -0.2) is 0 Å². The lowest BCUT2D eigenvalue weighted by molar-refractivity contribution is 0.638. The van der Waals surface area contributed by atoms with Gasteiger partial charge in [0.1, 0.15) is 0 Å². The molecule has 0 amide bonds. The van der Waals surface area contributed by atoms with Gasteiger partial charge in [0.25, 0.3) is 0 Å². The van der Waals surface area contributed by atoms with Gasteiger partial charge in [-0.1, -0.05) is 6.92 Å². The van der Waals surface area contributed by atoms with Crippen LogP contribution in [0.2, 0.25) is 0 Å². The van der Waals surface area contributed by atoms with Crippen LogP contribution in [-0.2, 0) is 0 Å². The Labute approximate surface area is 50.8 Å². The summed E-state index contributed by atoms with van der Waals surface area (Å²) >= 11 is 0. The molecular formula is C6H14N2. The van der Waals surface area contributed by atoms with Crippen LogP contribution in [0, 0.1) is 5.41 Å². The van der Waals surface area contributed by atoms with Gasteiger partial charge in [0.2, 0.25) is 0 Å². The zero-order valence-corrected chi connectivity index (χ0v) is 5.78. The predicted octanol–water partition coefficient (Wildman–Crippen LogP) is 1.37. The van der Waals surface area contributed by atoms with E-state index in [1.54, 1.807) is 6.92 Å². The second-order valence-corrected chi connectivity index (χ2v) is 2.08. The first-order valence-corrected chi connectivity index (χ1v) is 2.98. The van der Waals surface area contributed by atoms with Crippen LogP contribution in [0.3, 0.4) is 0 Å². The van der Waals surface area contributed by atoms with E-state index in [0.29, 0.717) is 11.9 Å². The van der Waals surface area contributed by atoms with Crippen molar-refractivity contribution in [2.24, 2.45) is 0 Å². The molecule has 2 nitrogen and oxygen atoms in total. The van der Waals surface area contributed by atoms with Crippen molar-refractivity contribution in [3.8, 4) is 0 Å². The average molecular weight is 114 g/mol. The maximum absolute atomic E-state index is 7.02. The van der Waals surface area contributed by atoms with Crippen LogP contribution in [0.1, 0.15) is 27.2 Å². The second-order valence-electron chi connectivity index (χ2n) is 2.08. The summed E-state index contributed by atoms with van der Waals surface area (Å²) < 4.78 is 0. The maximum atomic E-state index is 7.02. The first-order valence-electron chi connectivity index (χ1n) is 2.98. The van der Waals surface area contributed by atoms with Crippen molar-refractivity contribution in [3.63, 3.8) is 0 Å². The van der Waals surface area contributed by atoms with Crippen molar-refractivity contribution < 1.29 is 0 Å². The van der Waals surface area contributed by atoms with E-state index in [9.17, 15) is 0 Å². The first kappa shape index (κ1) is 7.47. The number of nitrogens with one attached hydrogen (secondary N) is 2. The first-order chi connectivity index (χ1) is 3.66. The van der Waals surface area contributed by atoms with Crippen molar-refractivity contribution in [2.75, 3.05) is 0 Å². The van der Waals surface area contributed by atoms with Crippen molar-refractivity contribution in [1.82, 2.24) is 5.32 Å². The van der Waals surface area contributed by atoms with Gasteiger partial charge in [-0.05, 0) is 20.3 Å². The Morgan fingerprint density at radius 2 is 2.25 bits per heavy atom. The minimum atomic E-state index is 0.451. The van der Waals surface area contributed by atoms with Gasteiger partial charge < -0.3 is 5.32 Å². The Morgan fingerprint density at radius 1 is 1.75 bits per heavy atom. The molecule has 0 aromatic rings. The molecule has 0 aromatic heterocycles. The lowest BCUT2D eigenvalue weighted by atomic mass is 10.3. The molecule has 0 aromatic carbocycles. The van der Waals surface area contributed by atoms with Crippen LogP contribution in [0.15, 0.2) is 0 Å². The summed E-state index contributed by atoms with van der Waals surface area (Å²) in [5.41, 5.74) is 0. The standard InChI is InChI=1S/C6H14N2/c1-4-5(2)8-6(3)7/h5H,4H2,1-3H3,(H2,7,8). The van der Waals surface area contributed by atoms with Crippen LogP contribution in [-0.4, -0.2) is 11.9 Å². The quantitative estimate of drug-likeness (QED) is 0.413. The fraction of sp³-hybridized carbons (Fsp3) is 0.833. The topological polar surface area (TPSA) is 35.9 Å². The number of hydrogen-bond acceptors (Lipinski definition) is 1. The minimum absolute atomic E-state index is 0.451. The van der Waals surface area contributed by atoms with Gasteiger partial charge >= 0.3 is 0 Å². The van der Waals surface area contributed by atoms with E-state index in [-0.39, 0.29) is 0 Å². The monoisotopic (exact) mass is 114 g/mol. The summed E-state index contributed by atoms with van der Waals surface area (Å²) in [6, 6.07) is 0.451. The highest BCUT2D eigenvalue weighted by Crippen LogP contribution is 1.85. The molecule has 0 saturated heterocycles. The van der Waals surface area contributed by atoms with Gasteiger partial charge in [-0.15, -0.1) is 0 Å². The highest BCUT2D eigenvalue weighted by Gasteiger charge is 1.93. The largest absolute Gasteiger partial charge is 0.372 e. The summed E-state index contributed by atoms with van der Waals surface area (Å²) in [5, 5.41) is 9.99. The molecule has 2 heteroatoms. The molecule has 0 aliphatic carbocycles. The predicted molar refractivity (Wildman–Crippen MR) is 36.3 cm³/mol. The summed E-state index contributed by atoms with van der Waals surface area (Å²) in [6.45, 7) is 5.92. The van der Waals surface area contributed by atoms with Crippen molar-refractivity contribution >= 4 is 5.84 Å². The molecule has 0 aliphatic rings. The SMILES string of the molecule is CCC(C)NC(C)=N. The fourth-order valence-electron chi connectivity index (χ4n) is 0.472. The number of rotatable bonds is 2. The van der Waals surface area contributed by atoms with E-state index in [2.05, 4.69) is 19.2 Å². The second kappa shape index (κ2) is 3.47. The number of hydrogen-bond donors (Lipinski definition) is 2. The van der Waals surface area contributed by atoms with E-state index in [4.69, 9.17) is 5.41 Å². The Hall–Kier alpha value is -0.530. The van der Waals surface area contributed by atoms with Crippen LogP contribution >= 0.6 is 0 Å². The van der Waals surface area contributed by atoms with Crippen LogP contribution in [0.4, 0.5) is 0 Å². The summed E-state index contributed by atoms with van der Waals surface area (Å²) in [5.74, 6) is 0.555. The van der Waals surface area contributed by atoms with Crippen molar-refractivity contribution in [3.05, 3.63) is 0 Å². The lowest BCUT2D eigenvalue weighted by Gasteiger charge is -2.09. The minimum Gasteiger partial charge on any atom is -0.372 e. The normalized spacial score (nSPS) is 12.9. The molecule has 0 heterocycles. The van der Waals surface area contributed by atoms with Crippen molar-refractivity contribution in [2.45, 2.75) is 33.2 Å². The summed E-state index contributed by atoms with van der Waals surface area (Å²) in [4.78, 5) is 0. The molecule has 0 spiro atoms. The maximum Gasteiger partial charge on any atom is 0.0901 e. The molecule has 0 bridgehead atoms. The fourth-order valence-corrected chi connectivity index (χ4v) is 0.472. The number of amidine groups is 1. The van der Waals surface area contributed by atoms with E-state index >= 15 is 0 Å². The molecule has 1 atom stereocenters. The third-order valence-electron chi connectivity index (χ3n) is 1.08. The van der Waals surface area contributed by atoms with Gasteiger partial charge in [0, 0.05) is 6.04 Å². The third kappa shape index (κ3) is 3.65. The molecule has 0 aliphatic heterocycles. The highest BCUT2D eigenvalue weighted by molar-refractivity contribution is 5.76. The zero-order chi connectivity index (χ0) is 6.57. The molecule has 48 valence electrons. The van der Waals surface area contributed by atoms with Crippen LogP contribution < -0.4 is 5.32 Å². The van der Waals surface area contributed by atoms with Crippen LogP contribution in [0.25, 0.3) is 0 Å². The van der Waals surface area contributed by atoms with E-state index in [0.717, 1.165) is 6.42 Å². The molecule has 0 radical (unpaired) electrons. The Balaban J connectivity index is 3.24. The van der Waals surface area contributed by atoms with Gasteiger partial charge in [0.15, 0.2) is 0 Å². The van der Waals surface area contributed by atoms with Gasteiger partial charge in [0.05, 0.1) is 5.84 Å². The summed E-state index contributed by atoms with van der Waals surface area (Å²) in [7, 11) is 0. The van der Waals surface area contributed by atoms with Crippen LogP contribution in [0.5, 0.6) is 0 Å². The molecule has 1 unspecified atom stereocenters. The van der Waals surface area contributed by atoms with E-state index in [1.807, 2.05) is 0 Å². The molecule has 0 rings (SSSR count). The third-order valence-corrected chi connectivity index (χ3v) is 1.08. The Kier molecular flexibility index (Phi) is 3.24. The van der Waals surface area contributed by atoms with Gasteiger partial charge in [-0.3, -0.25) is 5.41 Å². The average Bonchev–Trinajstić information content (AvgIpc) is 1.65. The smallest absolute Gasteiger partial charge is 0.0901 e. The zero-order valence-electron chi connectivity index (χ0n) is 5.78. The highest BCUT2D eigenvalue weighted by atomic mass is 14.9. The summed E-state index contributed by atoms with van der Waals surface area (Å²) in [6.07, 6.45) is 1.08. The lowest BCUT2D eigenvalue weighted by Crippen LogP contribution is -2.28. The van der Waals surface area contributed by atoms with E-state index in [1.165, 1.54) is 0 Å². The van der Waals surface area contributed by atoms with Gasteiger partial charge in [-0.2, -0.15) is 0 Å². The molecule has 2 N–H and O–H groups in total. The Morgan fingerprint density at radius 3 is 2.38 bits per heavy atom. The van der Waals surface area contributed by atoms with Crippen molar-refractivity contribution in [1.29, 1.82) is 5.41 Å². The van der Waals surface area contributed by atoms with E-state index < -0.39 is 0 Å². The molecule has 8 heavy (non-hydrogen) atoms. The molecule has 0 fully saturated rings. The molecular weight excluding hydrogens is 100 g/mol. The molecule has 0 saturated carbocycles. The Bertz CT molecular complexity index is 78.6.